The van der Waals surface area contributed by atoms with E-state index >= 15 is 0 Å². The fourth-order valence-corrected chi connectivity index (χ4v) is 5.62. The first kappa shape index (κ1) is 30.0. The van der Waals surface area contributed by atoms with Gasteiger partial charge in [-0.3, -0.25) is 20.0 Å². The Morgan fingerprint density at radius 2 is 1.81 bits per heavy atom. The van der Waals surface area contributed by atoms with Crippen LogP contribution in [0.2, 0.25) is 0 Å². The van der Waals surface area contributed by atoms with E-state index in [0.717, 1.165) is 18.2 Å². The van der Waals surface area contributed by atoms with Gasteiger partial charge in [-0.1, -0.05) is 12.1 Å². The van der Waals surface area contributed by atoms with E-state index in [-0.39, 0.29) is 47.2 Å². The number of quaternary nitrogens is 1. The van der Waals surface area contributed by atoms with E-state index in [1.54, 1.807) is 12.1 Å². The topological polar surface area (TPSA) is 126 Å². The first-order valence-corrected chi connectivity index (χ1v) is 13.3. The Hall–Kier alpha value is -4.52. The van der Waals surface area contributed by atoms with Crippen molar-refractivity contribution in [3.63, 3.8) is 0 Å². The van der Waals surface area contributed by atoms with Crippen molar-refractivity contribution in [2.24, 2.45) is 17.6 Å². The second kappa shape index (κ2) is 11.6. The summed E-state index contributed by atoms with van der Waals surface area (Å²) in [6.45, 7) is -0.317. The average Bonchev–Trinajstić information content (AvgIpc) is 3.60. The van der Waals surface area contributed by atoms with Gasteiger partial charge in [0.1, 0.15) is 28.9 Å². The number of primary amides is 1. The summed E-state index contributed by atoms with van der Waals surface area (Å²) in [5, 5.41) is 11.8. The monoisotopic (exact) mass is 602 g/mol. The molecule has 1 heterocycles. The number of halogens is 6. The lowest BCUT2D eigenvalue weighted by atomic mass is 9.94. The molecule has 2 aliphatic carbocycles. The van der Waals surface area contributed by atoms with Crippen LogP contribution in [0, 0.1) is 34.7 Å². The van der Waals surface area contributed by atoms with Gasteiger partial charge in [-0.25, -0.2) is 13.2 Å². The number of rotatable bonds is 10. The Kier molecular flexibility index (Phi) is 8.10. The molecule has 13 heteroatoms. The number of carbonyl (C=O) groups is 2. The van der Waals surface area contributed by atoms with Crippen LogP contribution in [0.5, 0.6) is 0 Å². The van der Waals surface area contributed by atoms with E-state index in [1.165, 1.54) is 23.6 Å². The number of carbonyl (C=O) groups excluding carboxylic acids is 2. The van der Waals surface area contributed by atoms with Crippen molar-refractivity contribution in [3.05, 3.63) is 100 Å². The molecule has 2 aromatic carbocycles. The molecule has 0 radical (unpaired) electrons. The lowest BCUT2D eigenvalue weighted by Gasteiger charge is -2.22. The molecule has 6 N–H and O–H groups in total. The van der Waals surface area contributed by atoms with E-state index in [1.807, 2.05) is 0 Å². The van der Waals surface area contributed by atoms with Crippen molar-refractivity contribution in [1.82, 2.24) is 10.3 Å². The van der Waals surface area contributed by atoms with E-state index in [0.29, 0.717) is 35.7 Å². The summed E-state index contributed by atoms with van der Waals surface area (Å²) in [6, 6.07) is 8.69. The zero-order valence-electron chi connectivity index (χ0n) is 22.4. The number of nitrogens with one attached hydrogen (secondary N) is 2. The number of allylic oxidation sites excluding steroid dienone is 2. The third-order valence-corrected chi connectivity index (χ3v) is 7.62. The molecule has 0 saturated heterocycles. The number of hydrogen-bond donors (Lipinski definition) is 4. The second-order valence-electron chi connectivity index (χ2n) is 10.6. The molecule has 0 aliphatic heterocycles. The van der Waals surface area contributed by atoms with E-state index in [9.17, 15) is 35.9 Å². The summed E-state index contributed by atoms with van der Waals surface area (Å²) in [5.74, 6) is -4.44. The van der Waals surface area contributed by atoms with Crippen LogP contribution in [-0.4, -0.2) is 35.2 Å². The number of alkyl halides is 3. The van der Waals surface area contributed by atoms with Gasteiger partial charge in [0.2, 0.25) is 0 Å². The van der Waals surface area contributed by atoms with Crippen molar-refractivity contribution in [2.45, 2.75) is 31.5 Å². The molecule has 43 heavy (non-hydrogen) atoms. The van der Waals surface area contributed by atoms with Gasteiger partial charge >= 0.3 is 6.18 Å². The number of aromatic nitrogens is 1. The number of nitrogens with two attached hydrogens (primary N) is 2. The van der Waals surface area contributed by atoms with Gasteiger partial charge in [0.05, 0.1) is 17.3 Å². The van der Waals surface area contributed by atoms with Crippen LogP contribution in [0.25, 0.3) is 11.1 Å². The lowest BCUT2D eigenvalue weighted by molar-refractivity contribution is -0.597. The van der Waals surface area contributed by atoms with Crippen molar-refractivity contribution < 1.29 is 41.2 Å². The Balaban J connectivity index is 1.44. The third kappa shape index (κ3) is 6.61. The molecule has 5 rings (SSSR count). The predicted molar refractivity (Wildman–Crippen MR) is 143 cm³/mol. The molecule has 3 atom stereocenters. The van der Waals surface area contributed by atoms with Gasteiger partial charge in [0.25, 0.3) is 11.8 Å². The highest BCUT2D eigenvalue weighted by Crippen LogP contribution is 2.54. The molecule has 1 fully saturated rings. The molecular weight excluding hydrogens is 576 g/mol. The summed E-state index contributed by atoms with van der Waals surface area (Å²) < 4.78 is 82.1. The zero-order chi connectivity index (χ0) is 31.1. The van der Waals surface area contributed by atoms with Crippen molar-refractivity contribution >= 4 is 17.5 Å². The molecular formula is C30H26F6N5O2+. The van der Waals surface area contributed by atoms with Crippen LogP contribution in [0.3, 0.4) is 0 Å². The van der Waals surface area contributed by atoms with Crippen LogP contribution < -0.4 is 16.4 Å². The van der Waals surface area contributed by atoms with Crippen molar-refractivity contribution in [1.29, 1.82) is 5.41 Å². The van der Waals surface area contributed by atoms with Gasteiger partial charge in [-0.15, -0.1) is 0 Å². The maximum absolute atomic E-state index is 14.2. The summed E-state index contributed by atoms with van der Waals surface area (Å²) >= 11 is 0. The number of benzene rings is 2. The van der Waals surface area contributed by atoms with E-state index in [2.05, 4.69) is 10.3 Å². The Morgan fingerprint density at radius 3 is 2.49 bits per heavy atom. The highest BCUT2D eigenvalue weighted by atomic mass is 19.4. The molecule has 2 aliphatic rings. The third-order valence-electron chi connectivity index (χ3n) is 7.62. The SMILES string of the molecule is N=C(C1=C([NH2+]CC(=O)NC(Cc2cc(F)cc(F)c2)c2ncccc2-c2ccc(F)c(C(N)=O)c2)CC2CC12)C(F)(F)F. The highest BCUT2D eigenvalue weighted by Gasteiger charge is 2.54. The normalized spacial score (nSPS) is 18.3. The summed E-state index contributed by atoms with van der Waals surface area (Å²) in [7, 11) is 0. The van der Waals surface area contributed by atoms with Gasteiger partial charge in [-0.2, -0.15) is 13.2 Å². The smallest absolute Gasteiger partial charge is 0.366 e. The minimum atomic E-state index is -4.80. The maximum atomic E-state index is 14.2. The Morgan fingerprint density at radius 1 is 1.09 bits per heavy atom. The molecule has 3 aromatic rings. The number of fused-ring (bicyclic) bond motifs is 1. The number of amides is 2. The highest BCUT2D eigenvalue weighted by molar-refractivity contribution is 6.03. The fraction of sp³-hybridized carbons (Fsp3) is 0.267. The minimum absolute atomic E-state index is 0.0275. The van der Waals surface area contributed by atoms with Crippen molar-refractivity contribution in [3.8, 4) is 11.1 Å². The first-order valence-electron chi connectivity index (χ1n) is 13.3. The minimum Gasteiger partial charge on any atom is -0.366 e. The van der Waals surface area contributed by atoms with Gasteiger partial charge in [0, 0.05) is 29.8 Å². The first-order chi connectivity index (χ1) is 20.3. The molecule has 224 valence electrons. The van der Waals surface area contributed by atoms with Crippen LogP contribution in [0.1, 0.15) is 40.5 Å². The average molecular weight is 603 g/mol. The van der Waals surface area contributed by atoms with Gasteiger partial charge in [-0.05, 0) is 66.1 Å². The molecule has 1 aromatic heterocycles. The number of hydrogen-bond acceptors (Lipinski definition) is 4. The van der Waals surface area contributed by atoms with Gasteiger partial charge in [0.15, 0.2) is 6.54 Å². The number of pyridine rings is 1. The van der Waals surface area contributed by atoms with Crippen LogP contribution >= 0.6 is 0 Å². The lowest BCUT2D eigenvalue weighted by Crippen LogP contribution is -2.85. The maximum Gasteiger partial charge on any atom is 0.433 e. The molecule has 2 amide bonds. The molecule has 0 bridgehead atoms. The molecule has 7 nitrogen and oxygen atoms in total. The van der Waals surface area contributed by atoms with E-state index < -0.39 is 47.2 Å². The number of nitrogens with zero attached hydrogens (tertiary/aromatic N) is 1. The quantitative estimate of drug-likeness (QED) is 0.206. The summed E-state index contributed by atoms with van der Waals surface area (Å²) in [6.07, 6.45) is -2.60. The molecule has 3 unspecified atom stereocenters. The fourth-order valence-electron chi connectivity index (χ4n) is 5.62. The largest absolute Gasteiger partial charge is 0.433 e. The molecule has 1 saturated carbocycles. The predicted octanol–water partition coefficient (Wildman–Crippen LogP) is 4.10. The van der Waals surface area contributed by atoms with Crippen LogP contribution in [0.15, 0.2) is 66.0 Å². The summed E-state index contributed by atoms with van der Waals surface area (Å²) in [5.41, 5.74) is 4.87. The summed E-state index contributed by atoms with van der Waals surface area (Å²) in [4.78, 5) is 29.3. The van der Waals surface area contributed by atoms with Crippen LogP contribution in [0.4, 0.5) is 26.3 Å². The van der Waals surface area contributed by atoms with E-state index in [4.69, 9.17) is 11.1 Å². The Labute approximate surface area is 241 Å². The van der Waals surface area contributed by atoms with Crippen molar-refractivity contribution in [2.75, 3.05) is 6.54 Å². The zero-order valence-corrected chi connectivity index (χ0v) is 22.4. The molecule has 0 spiro atoms. The standard InChI is InChI=1S/C30H25F6N5O2/c31-17-6-14(7-18(32)12-17)8-24(27-19(2-1-5-39-27)15-3-4-22(33)21(9-15)29(38)43)41-25(42)13-40-23-11-16-10-20(16)26(23)28(37)30(34,35)36/h1-7,9,12,16,20,24,37,40H,8,10-11,13H2,(H2,38,43)(H,41,42)/p+1. The van der Waals surface area contributed by atoms with Gasteiger partial charge < -0.3 is 16.4 Å². The second-order valence-corrected chi connectivity index (χ2v) is 10.6. The Bertz CT molecular complexity index is 1630. The van der Waals surface area contributed by atoms with Crippen LogP contribution in [-0.2, 0) is 11.2 Å².